The fourth-order valence-corrected chi connectivity index (χ4v) is 1.92. The molecule has 0 fully saturated rings. The normalized spacial score (nSPS) is 11.3. The number of alkyl halides is 3. The molecule has 0 atom stereocenters. The molecule has 0 amide bonds. The van der Waals surface area contributed by atoms with Crippen molar-refractivity contribution in [3.8, 4) is 16.9 Å². The zero-order valence-electron chi connectivity index (χ0n) is 11.1. The molecule has 0 heterocycles. The summed E-state index contributed by atoms with van der Waals surface area (Å²) in [6.07, 6.45) is -4.82. The summed E-state index contributed by atoms with van der Waals surface area (Å²) in [6.45, 7) is 1.39. The Morgan fingerprint density at radius 2 is 1.73 bits per heavy atom. The average molecular weight is 315 g/mol. The van der Waals surface area contributed by atoms with Crippen molar-refractivity contribution >= 4 is 5.69 Å². The molecule has 0 spiro atoms. The van der Waals surface area contributed by atoms with Gasteiger partial charge >= 0.3 is 6.36 Å². The summed E-state index contributed by atoms with van der Waals surface area (Å²) in [6, 6.07) is 6.46. The van der Waals surface area contributed by atoms with Gasteiger partial charge in [0.1, 0.15) is 11.6 Å². The molecule has 0 N–H and O–H groups in total. The van der Waals surface area contributed by atoms with Crippen LogP contribution in [0.25, 0.3) is 11.1 Å². The Hall–Kier alpha value is -2.64. The first kappa shape index (κ1) is 15.7. The van der Waals surface area contributed by atoms with E-state index >= 15 is 0 Å². The summed E-state index contributed by atoms with van der Waals surface area (Å²) in [5, 5.41) is 10.9. The lowest BCUT2D eigenvalue weighted by molar-refractivity contribution is -0.385. The Labute approximate surface area is 122 Å². The molecule has 22 heavy (non-hydrogen) atoms. The van der Waals surface area contributed by atoms with Crippen LogP contribution in [-0.2, 0) is 0 Å². The van der Waals surface area contributed by atoms with Crippen LogP contribution in [0.4, 0.5) is 23.2 Å². The van der Waals surface area contributed by atoms with E-state index in [-0.39, 0.29) is 22.4 Å². The van der Waals surface area contributed by atoms with E-state index in [1.165, 1.54) is 19.1 Å². The van der Waals surface area contributed by atoms with Gasteiger partial charge in [-0.3, -0.25) is 10.1 Å². The molecule has 0 aliphatic heterocycles. The van der Waals surface area contributed by atoms with Crippen molar-refractivity contribution in [2.75, 3.05) is 0 Å². The molecule has 0 bridgehead atoms. The highest BCUT2D eigenvalue weighted by molar-refractivity contribution is 5.68. The van der Waals surface area contributed by atoms with E-state index in [9.17, 15) is 27.7 Å². The number of nitrogens with zero attached hydrogens (tertiary/aromatic N) is 1. The molecule has 0 aromatic heterocycles. The van der Waals surface area contributed by atoms with Crippen molar-refractivity contribution in [3.05, 3.63) is 57.9 Å². The van der Waals surface area contributed by atoms with E-state index in [0.29, 0.717) is 0 Å². The van der Waals surface area contributed by atoms with Crippen LogP contribution in [0.1, 0.15) is 5.56 Å². The molecule has 0 unspecified atom stereocenters. The van der Waals surface area contributed by atoms with Crippen LogP contribution in [0.5, 0.6) is 5.75 Å². The minimum atomic E-state index is -4.82. The minimum Gasteiger partial charge on any atom is -0.406 e. The number of benzene rings is 2. The SMILES string of the molecule is Cc1cc(F)c(-c2ccc(OC(F)(F)F)cc2)cc1[N+](=O)[O-]. The smallest absolute Gasteiger partial charge is 0.406 e. The molecule has 0 aliphatic carbocycles. The summed E-state index contributed by atoms with van der Waals surface area (Å²) in [5.41, 5.74) is 0.0151. The maximum absolute atomic E-state index is 13.9. The van der Waals surface area contributed by atoms with Crippen LogP contribution in [0.2, 0.25) is 0 Å². The molecule has 0 saturated carbocycles. The molecule has 4 nitrogen and oxygen atoms in total. The number of halogens is 4. The largest absolute Gasteiger partial charge is 0.573 e. The predicted octanol–water partition coefficient (Wildman–Crippen LogP) is 4.61. The van der Waals surface area contributed by atoms with E-state index in [0.717, 1.165) is 24.3 Å². The number of aryl methyl sites for hydroxylation is 1. The van der Waals surface area contributed by atoms with Crippen LogP contribution >= 0.6 is 0 Å². The van der Waals surface area contributed by atoms with Crippen LogP contribution in [0.3, 0.4) is 0 Å². The Morgan fingerprint density at radius 1 is 1.14 bits per heavy atom. The summed E-state index contributed by atoms with van der Waals surface area (Å²) in [5.74, 6) is -1.16. The monoisotopic (exact) mass is 315 g/mol. The van der Waals surface area contributed by atoms with Crippen LogP contribution in [0.15, 0.2) is 36.4 Å². The van der Waals surface area contributed by atoms with Crippen molar-refractivity contribution in [1.29, 1.82) is 0 Å². The van der Waals surface area contributed by atoms with Gasteiger partial charge in [-0.2, -0.15) is 0 Å². The van der Waals surface area contributed by atoms with Gasteiger partial charge in [0, 0.05) is 17.2 Å². The Balaban J connectivity index is 2.40. The van der Waals surface area contributed by atoms with Crippen LogP contribution in [-0.4, -0.2) is 11.3 Å². The van der Waals surface area contributed by atoms with E-state index in [1.807, 2.05) is 0 Å². The number of ether oxygens (including phenoxy) is 1. The summed E-state index contributed by atoms with van der Waals surface area (Å²) in [4.78, 5) is 10.2. The lowest BCUT2D eigenvalue weighted by atomic mass is 10.0. The fourth-order valence-electron chi connectivity index (χ4n) is 1.92. The Bertz CT molecular complexity index is 711. The standard InChI is InChI=1S/C14H9F4NO3/c1-8-6-12(15)11(7-13(8)19(20)21)9-2-4-10(5-3-9)22-14(16,17)18/h2-7H,1H3. The van der Waals surface area contributed by atoms with Gasteiger partial charge in [0.25, 0.3) is 5.69 Å². The molecule has 2 aromatic rings. The topological polar surface area (TPSA) is 52.4 Å². The van der Waals surface area contributed by atoms with Gasteiger partial charge in [-0.15, -0.1) is 13.2 Å². The van der Waals surface area contributed by atoms with Crippen LogP contribution in [0, 0.1) is 22.9 Å². The van der Waals surface area contributed by atoms with Gasteiger partial charge in [-0.1, -0.05) is 12.1 Å². The van der Waals surface area contributed by atoms with Crippen LogP contribution < -0.4 is 4.74 Å². The number of hydrogen-bond donors (Lipinski definition) is 0. The summed E-state index contributed by atoms with van der Waals surface area (Å²) < 4.78 is 53.8. The molecule has 2 aromatic carbocycles. The minimum absolute atomic E-state index is 0.0733. The van der Waals surface area contributed by atoms with Crippen molar-refractivity contribution in [1.82, 2.24) is 0 Å². The van der Waals surface area contributed by atoms with E-state index in [2.05, 4.69) is 4.74 Å². The third-order valence-electron chi connectivity index (χ3n) is 2.88. The second-order valence-electron chi connectivity index (χ2n) is 4.45. The molecule has 8 heteroatoms. The second kappa shape index (κ2) is 5.63. The molecule has 0 saturated heterocycles. The lowest BCUT2D eigenvalue weighted by Crippen LogP contribution is -2.16. The zero-order valence-corrected chi connectivity index (χ0v) is 11.1. The number of nitro groups is 1. The zero-order chi connectivity index (χ0) is 16.5. The second-order valence-corrected chi connectivity index (χ2v) is 4.45. The lowest BCUT2D eigenvalue weighted by Gasteiger charge is -2.10. The van der Waals surface area contributed by atoms with Gasteiger partial charge in [0.2, 0.25) is 0 Å². The van der Waals surface area contributed by atoms with Gasteiger partial charge < -0.3 is 4.74 Å². The van der Waals surface area contributed by atoms with E-state index in [4.69, 9.17) is 0 Å². The molecule has 0 radical (unpaired) electrons. The first-order chi connectivity index (χ1) is 10.2. The quantitative estimate of drug-likeness (QED) is 0.472. The van der Waals surface area contributed by atoms with E-state index < -0.39 is 22.9 Å². The third kappa shape index (κ3) is 3.51. The Morgan fingerprint density at radius 3 is 2.23 bits per heavy atom. The first-order valence-electron chi connectivity index (χ1n) is 5.98. The van der Waals surface area contributed by atoms with Gasteiger partial charge in [0.15, 0.2) is 0 Å². The fraction of sp³-hybridized carbons (Fsp3) is 0.143. The molecular formula is C14H9F4NO3. The number of nitro benzene ring substituents is 1. The number of rotatable bonds is 3. The van der Waals surface area contributed by atoms with E-state index in [1.54, 1.807) is 0 Å². The molecule has 2 rings (SSSR count). The third-order valence-corrected chi connectivity index (χ3v) is 2.88. The van der Waals surface area contributed by atoms with Gasteiger partial charge in [-0.05, 0) is 30.7 Å². The first-order valence-corrected chi connectivity index (χ1v) is 5.98. The van der Waals surface area contributed by atoms with Gasteiger partial charge in [-0.25, -0.2) is 4.39 Å². The van der Waals surface area contributed by atoms with Crippen molar-refractivity contribution < 1.29 is 27.2 Å². The highest BCUT2D eigenvalue weighted by Gasteiger charge is 2.31. The average Bonchev–Trinajstić information content (AvgIpc) is 2.38. The van der Waals surface area contributed by atoms with Crippen molar-refractivity contribution in [3.63, 3.8) is 0 Å². The Kier molecular flexibility index (Phi) is 4.03. The molecule has 0 aliphatic rings. The number of hydrogen-bond acceptors (Lipinski definition) is 3. The summed E-state index contributed by atoms with van der Waals surface area (Å²) >= 11 is 0. The molecule has 116 valence electrons. The van der Waals surface area contributed by atoms with Gasteiger partial charge in [0.05, 0.1) is 4.92 Å². The predicted molar refractivity (Wildman–Crippen MR) is 69.9 cm³/mol. The maximum Gasteiger partial charge on any atom is 0.573 e. The highest BCUT2D eigenvalue weighted by Crippen LogP contribution is 2.31. The van der Waals surface area contributed by atoms with Crippen molar-refractivity contribution in [2.45, 2.75) is 13.3 Å². The summed E-state index contributed by atoms with van der Waals surface area (Å²) in [7, 11) is 0. The van der Waals surface area contributed by atoms with Crippen molar-refractivity contribution in [2.24, 2.45) is 0 Å². The molecular weight excluding hydrogens is 306 g/mol. The highest BCUT2D eigenvalue weighted by atomic mass is 19.4. The maximum atomic E-state index is 13.9.